The van der Waals surface area contributed by atoms with E-state index in [1.165, 1.54) is 11.8 Å². The highest BCUT2D eigenvalue weighted by molar-refractivity contribution is 7.99. The Morgan fingerprint density at radius 3 is 2.43 bits per heavy atom. The van der Waals surface area contributed by atoms with Gasteiger partial charge in [-0.3, -0.25) is 14.3 Å². The van der Waals surface area contributed by atoms with Crippen molar-refractivity contribution in [2.24, 2.45) is 0 Å². The molecule has 0 radical (unpaired) electrons. The van der Waals surface area contributed by atoms with Gasteiger partial charge < -0.3 is 14.8 Å². The highest BCUT2D eigenvalue weighted by atomic mass is 32.2. The summed E-state index contributed by atoms with van der Waals surface area (Å²) in [6, 6.07) is 17.7. The summed E-state index contributed by atoms with van der Waals surface area (Å²) < 4.78 is 12.6. The molecule has 0 saturated heterocycles. The minimum Gasteiger partial charge on any atom is -0.493 e. The molecule has 0 bridgehead atoms. The first-order valence-corrected chi connectivity index (χ1v) is 12.1. The van der Waals surface area contributed by atoms with Crippen molar-refractivity contribution in [3.8, 4) is 28.6 Å². The number of carbonyl (C=O) groups excluding carboxylic acids is 1. The molecule has 2 heterocycles. The monoisotopic (exact) mass is 489 g/mol. The van der Waals surface area contributed by atoms with E-state index in [1.54, 1.807) is 26.6 Å². The standard InChI is InChI=1S/C26H27N5O3S/c1-18-4-7-21(8-5-18)31-25(20-11-13-27-14-12-20)29-30-26(31)35-17-24(32)28-15-10-19-6-9-22(33-2)23(16-19)34-3/h4-9,11-14,16H,10,15,17H2,1-3H3,(H,28,32). The number of carbonyl (C=O) groups is 1. The van der Waals surface area contributed by atoms with Gasteiger partial charge in [0, 0.05) is 30.2 Å². The molecule has 1 amide bonds. The second-order valence-corrected chi connectivity index (χ2v) is 8.73. The molecule has 1 N–H and O–H groups in total. The third-order valence-corrected chi connectivity index (χ3v) is 6.31. The Kier molecular flexibility index (Phi) is 7.99. The van der Waals surface area contributed by atoms with Gasteiger partial charge in [0.05, 0.1) is 20.0 Å². The summed E-state index contributed by atoms with van der Waals surface area (Å²) in [6.45, 7) is 2.56. The summed E-state index contributed by atoms with van der Waals surface area (Å²) in [5, 5.41) is 12.4. The molecular weight excluding hydrogens is 462 g/mol. The Bertz CT molecular complexity index is 1280. The van der Waals surface area contributed by atoms with Crippen LogP contribution in [0.3, 0.4) is 0 Å². The van der Waals surface area contributed by atoms with Crippen LogP contribution >= 0.6 is 11.8 Å². The highest BCUT2D eigenvalue weighted by Gasteiger charge is 2.17. The van der Waals surface area contributed by atoms with Crippen molar-refractivity contribution in [3.05, 3.63) is 78.1 Å². The van der Waals surface area contributed by atoms with E-state index in [-0.39, 0.29) is 11.7 Å². The molecule has 0 spiro atoms. The van der Waals surface area contributed by atoms with E-state index in [0.717, 1.165) is 22.4 Å². The summed E-state index contributed by atoms with van der Waals surface area (Å²) in [6.07, 6.45) is 4.13. The molecule has 8 nitrogen and oxygen atoms in total. The first kappa shape index (κ1) is 24.3. The van der Waals surface area contributed by atoms with Crippen molar-refractivity contribution >= 4 is 17.7 Å². The Morgan fingerprint density at radius 2 is 1.71 bits per heavy atom. The zero-order valence-electron chi connectivity index (χ0n) is 19.9. The number of aromatic nitrogens is 4. The normalized spacial score (nSPS) is 10.7. The summed E-state index contributed by atoms with van der Waals surface area (Å²) in [7, 11) is 3.21. The molecule has 0 unspecified atom stereocenters. The van der Waals surface area contributed by atoms with E-state index in [9.17, 15) is 4.79 Å². The SMILES string of the molecule is COc1ccc(CCNC(=O)CSc2nnc(-c3ccncc3)n2-c2ccc(C)cc2)cc1OC. The molecule has 0 atom stereocenters. The predicted molar refractivity (Wildman–Crippen MR) is 136 cm³/mol. The van der Waals surface area contributed by atoms with E-state index >= 15 is 0 Å². The molecular formula is C26H27N5O3S. The van der Waals surface area contributed by atoms with Gasteiger partial charge in [-0.2, -0.15) is 0 Å². The molecule has 2 aromatic heterocycles. The van der Waals surface area contributed by atoms with Gasteiger partial charge in [0.25, 0.3) is 0 Å². The number of aryl methyl sites for hydroxylation is 1. The highest BCUT2D eigenvalue weighted by Crippen LogP contribution is 2.29. The van der Waals surface area contributed by atoms with Crippen LogP contribution in [0.2, 0.25) is 0 Å². The average Bonchev–Trinajstić information content (AvgIpc) is 3.32. The number of hydrogen-bond donors (Lipinski definition) is 1. The van der Waals surface area contributed by atoms with Gasteiger partial charge in [0.2, 0.25) is 5.91 Å². The van der Waals surface area contributed by atoms with Crippen LogP contribution in [-0.2, 0) is 11.2 Å². The summed E-state index contributed by atoms with van der Waals surface area (Å²) in [5.74, 6) is 2.21. The maximum absolute atomic E-state index is 12.6. The number of thioether (sulfide) groups is 1. The number of nitrogens with zero attached hydrogens (tertiary/aromatic N) is 4. The number of pyridine rings is 1. The third kappa shape index (κ3) is 5.99. The topological polar surface area (TPSA) is 91.2 Å². The first-order valence-electron chi connectivity index (χ1n) is 11.1. The van der Waals surface area contributed by atoms with E-state index in [4.69, 9.17) is 9.47 Å². The van der Waals surface area contributed by atoms with Crippen LogP contribution in [0, 0.1) is 6.92 Å². The van der Waals surface area contributed by atoms with Crippen LogP contribution in [0.1, 0.15) is 11.1 Å². The van der Waals surface area contributed by atoms with Crippen molar-refractivity contribution in [2.45, 2.75) is 18.5 Å². The Morgan fingerprint density at radius 1 is 0.971 bits per heavy atom. The van der Waals surface area contributed by atoms with Crippen molar-refractivity contribution < 1.29 is 14.3 Å². The first-order chi connectivity index (χ1) is 17.1. The number of hydrogen-bond acceptors (Lipinski definition) is 7. The van der Waals surface area contributed by atoms with Gasteiger partial charge in [-0.15, -0.1) is 10.2 Å². The van der Waals surface area contributed by atoms with Gasteiger partial charge in [0.1, 0.15) is 0 Å². The third-order valence-electron chi connectivity index (χ3n) is 5.38. The second-order valence-electron chi connectivity index (χ2n) is 7.79. The summed E-state index contributed by atoms with van der Waals surface area (Å²) in [5.41, 5.74) is 4.05. The molecule has 0 aliphatic rings. The fourth-order valence-corrected chi connectivity index (χ4v) is 4.32. The Balaban J connectivity index is 1.41. The quantitative estimate of drug-likeness (QED) is 0.335. The maximum atomic E-state index is 12.6. The number of ether oxygens (including phenoxy) is 2. The van der Waals surface area contributed by atoms with Crippen LogP contribution in [0.4, 0.5) is 0 Å². The molecule has 0 aliphatic heterocycles. The van der Waals surface area contributed by atoms with E-state index in [0.29, 0.717) is 35.4 Å². The summed E-state index contributed by atoms with van der Waals surface area (Å²) >= 11 is 1.35. The molecule has 35 heavy (non-hydrogen) atoms. The maximum Gasteiger partial charge on any atom is 0.230 e. The molecule has 4 aromatic rings. The number of methoxy groups -OCH3 is 2. The van der Waals surface area contributed by atoms with Crippen molar-refractivity contribution in [3.63, 3.8) is 0 Å². The Hall–Kier alpha value is -3.85. The second kappa shape index (κ2) is 11.5. The van der Waals surface area contributed by atoms with E-state index in [1.807, 2.05) is 66.1 Å². The van der Waals surface area contributed by atoms with Gasteiger partial charge in [-0.25, -0.2) is 0 Å². The lowest BCUT2D eigenvalue weighted by molar-refractivity contribution is -0.118. The van der Waals surface area contributed by atoms with Crippen molar-refractivity contribution in [1.82, 2.24) is 25.1 Å². The molecule has 0 fully saturated rings. The van der Waals surface area contributed by atoms with Gasteiger partial charge >= 0.3 is 0 Å². The van der Waals surface area contributed by atoms with Crippen molar-refractivity contribution in [2.75, 3.05) is 26.5 Å². The van der Waals surface area contributed by atoms with Crippen LogP contribution < -0.4 is 14.8 Å². The largest absolute Gasteiger partial charge is 0.493 e. The molecule has 9 heteroatoms. The van der Waals surface area contributed by atoms with E-state index in [2.05, 4.69) is 20.5 Å². The predicted octanol–water partition coefficient (Wildman–Crippen LogP) is 4.11. The number of benzene rings is 2. The van der Waals surface area contributed by atoms with Crippen LogP contribution in [0.5, 0.6) is 11.5 Å². The van der Waals surface area contributed by atoms with Gasteiger partial charge in [-0.1, -0.05) is 35.5 Å². The molecule has 0 aliphatic carbocycles. The lowest BCUT2D eigenvalue weighted by Crippen LogP contribution is -2.27. The number of amides is 1. The number of rotatable bonds is 10. The zero-order valence-corrected chi connectivity index (χ0v) is 20.7. The van der Waals surface area contributed by atoms with Crippen molar-refractivity contribution in [1.29, 1.82) is 0 Å². The minimum absolute atomic E-state index is 0.0700. The average molecular weight is 490 g/mol. The molecule has 0 saturated carbocycles. The number of nitrogens with one attached hydrogen (secondary N) is 1. The lowest BCUT2D eigenvalue weighted by atomic mass is 10.1. The zero-order chi connectivity index (χ0) is 24.6. The van der Waals surface area contributed by atoms with E-state index < -0.39 is 0 Å². The van der Waals surface area contributed by atoms with Crippen LogP contribution in [0.15, 0.2) is 72.1 Å². The molecule has 180 valence electrons. The van der Waals surface area contributed by atoms with Crippen LogP contribution in [-0.4, -0.2) is 52.2 Å². The molecule has 4 rings (SSSR count). The fourth-order valence-electron chi connectivity index (χ4n) is 3.54. The smallest absolute Gasteiger partial charge is 0.230 e. The fraction of sp³-hybridized carbons (Fsp3) is 0.231. The molecule has 2 aromatic carbocycles. The van der Waals surface area contributed by atoms with Gasteiger partial charge in [-0.05, 0) is 55.3 Å². The van der Waals surface area contributed by atoms with Crippen LogP contribution in [0.25, 0.3) is 17.1 Å². The van der Waals surface area contributed by atoms with Gasteiger partial charge in [0.15, 0.2) is 22.5 Å². The Labute approximate surface area is 208 Å². The summed E-state index contributed by atoms with van der Waals surface area (Å²) in [4.78, 5) is 16.6. The minimum atomic E-state index is -0.0700. The lowest BCUT2D eigenvalue weighted by Gasteiger charge is -2.11.